The molecule has 1 aromatic heterocycles. The van der Waals surface area contributed by atoms with Gasteiger partial charge in [-0.15, -0.1) is 0 Å². The predicted molar refractivity (Wildman–Crippen MR) is 84.3 cm³/mol. The van der Waals surface area contributed by atoms with Gasteiger partial charge in [0.2, 0.25) is 0 Å². The second-order valence-corrected chi connectivity index (χ2v) is 6.31. The molecular formula is C15H18ClN3S. The van der Waals surface area contributed by atoms with Crippen molar-refractivity contribution in [3.63, 3.8) is 0 Å². The summed E-state index contributed by atoms with van der Waals surface area (Å²) in [6.45, 7) is 6.96. The Hall–Kier alpha value is -1.10. The third-order valence-corrected chi connectivity index (χ3v) is 4.07. The van der Waals surface area contributed by atoms with Crippen molar-refractivity contribution in [1.82, 2.24) is 15.3 Å². The summed E-state index contributed by atoms with van der Waals surface area (Å²) in [5, 5.41) is 4.91. The zero-order valence-electron chi connectivity index (χ0n) is 11.9. The molecule has 1 heterocycles. The molecule has 0 aliphatic rings. The number of aromatic nitrogens is 2. The van der Waals surface area contributed by atoms with Gasteiger partial charge in [-0.3, -0.25) is 0 Å². The van der Waals surface area contributed by atoms with E-state index in [1.807, 2.05) is 31.5 Å². The van der Waals surface area contributed by atoms with Gasteiger partial charge in [0.1, 0.15) is 0 Å². The van der Waals surface area contributed by atoms with E-state index in [9.17, 15) is 0 Å². The second-order valence-electron chi connectivity index (χ2n) is 4.90. The van der Waals surface area contributed by atoms with Gasteiger partial charge in [0, 0.05) is 34.9 Å². The fraction of sp³-hybridized carbons (Fsp3) is 0.333. The number of hydrogen-bond donors (Lipinski definition) is 1. The first-order chi connectivity index (χ1) is 9.56. The standard InChI is InChI=1S/C15H18ClN3S/c1-10(2)17-9-12-13(16)5-4-6-14(12)20-15-18-7-11(3)8-19-15/h4-8,10,17H,9H2,1-3H3. The Kier molecular flexibility index (Phi) is 5.40. The lowest BCUT2D eigenvalue weighted by Crippen LogP contribution is -2.22. The van der Waals surface area contributed by atoms with Crippen LogP contribution >= 0.6 is 23.4 Å². The summed E-state index contributed by atoms with van der Waals surface area (Å²) in [5.41, 5.74) is 2.15. The van der Waals surface area contributed by atoms with Gasteiger partial charge < -0.3 is 5.32 Å². The first kappa shape index (κ1) is 15.3. The van der Waals surface area contributed by atoms with E-state index in [-0.39, 0.29) is 0 Å². The average Bonchev–Trinajstić information content (AvgIpc) is 2.40. The Morgan fingerprint density at radius 1 is 1.25 bits per heavy atom. The van der Waals surface area contributed by atoms with Gasteiger partial charge in [-0.1, -0.05) is 31.5 Å². The molecular weight excluding hydrogens is 290 g/mol. The van der Waals surface area contributed by atoms with Crippen LogP contribution in [0.2, 0.25) is 5.02 Å². The SMILES string of the molecule is Cc1cnc(Sc2cccc(Cl)c2CNC(C)C)nc1. The summed E-state index contributed by atoms with van der Waals surface area (Å²) in [4.78, 5) is 9.75. The van der Waals surface area contributed by atoms with Crippen molar-refractivity contribution < 1.29 is 0 Å². The van der Waals surface area contributed by atoms with Crippen LogP contribution in [-0.2, 0) is 6.54 Å². The number of rotatable bonds is 5. The van der Waals surface area contributed by atoms with Gasteiger partial charge >= 0.3 is 0 Å². The van der Waals surface area contributed by atoms with E-state index >= 15 is 0 Å². The summed E-state index contributed by atoms with van der Waals surface area (Å²) in [7, 11) is 0. The van der Waals surface area contributed by atoms with Crippen LogP contribution in [0.15, 0.2) is 40.6 Å². The van der Waals surface area contributed by atoms with Crippen LogP contribution < -0.4 is 5.32 Å². The van der Waals surface area contributed by atoms with Crippen LogP contribution in [-0.4, -0.2) is 16.0 Å². The molecule has 0 saturated heterocycles. The summed E-state index contributed by atoms with van der Waals surface area (Å²) in [6.07, 6.45) is 3.65. The molecule has 1 aromatic carbocycles. The van der Waals surface area contributed by atoms with Gasteiger partial charge in [-0.05, 0) is 41.9 Å². The molecule has 0 radical (unpaired) electrons. The number of nitrogens with zero attached hydrogens (tertiary/aromatic N) is 2. The van der Waals surface area contributed by atoms with Crippen molar-refractivity contribution >= 4 is 23.4 Å². The van der Waals surface area contributed by atoms with Crippen LogP contribution in [0.1, 0.15) is 25.0 Å². The van der Waals surface area contributed by atoms with Crippen LogP contribution in [0, 0.1) is 6.92 Å². The first-order valence-electron chi connectivity index (χ1n) is 6.53. The van der Waals surface area contributed by atoms with Crippen LogP contribution in [0.5, 0.6) is 0 Å². The Bertz CT molecular complexity index is 570. The molecule has 0 bridgehead atoms. The molecule has 0 amide bonds. The van der Waals surface area contributed by atoms with Gasteiger partial charge in [0.25, 0.3) is 0 Å². The first-order valence-corrected chi connectivity index (χ1v) is 7.73. The van der Waals surface area contributed by atoms with E-state index in [0.717, 1.165) is 32.7 Å². The minimum Gasteiger partial charge on any atom is -0.310 e. The highest BCUT2D eigenvalue weighted by atomic mass is 35.5. The van der Waals surface area contributed by atoms with E-state index < -0.39 is 0 Å². The molecule has 0 fully saturated rings. The van der Waals surface area contributed by atoms with E-state index in [1.165, 1.54) is 0 Å². The second kappa shape index (κ2) is 7.07. The number of aryl methyl sites for hydroxylation is 1. The number of hydrogen-bond acceptors (Lipinski definition) is 4. The number of halogens is 1. The normalized spacial score (nSPS) is 11.1. The van der Waals surface area contributed by atoms with Gasteiger partial charge in [0.05, 0.1) is 0 Å². The van der Waals surface area contributed by atoms with Crippen molar-refractivity contribution in [3.05, 3.63) is 46.7 Å². The Labute approximate surface area is 129 Å². The molecule has 1 N–H and O–H groups in total. The van der Waals surface area contributed by atoms with E-state index in [1.54, 1.807) is 11.8 Å². The molecule has 0 unspecified atom stereocenters. The van der Waals surface area contributed by atoms with Crippen molar-refractivity contribution in [2.75, 3.05) is 0 Å². The molecule has 5 heteroatoms. The van der Waals surface area contributed by atoms with E-state index in [0.29, 0.717) is 6.04 Å². The minimum absolute atomic E-state index is 0.416. The maximum atomic E-state index is 6.31. The third kappa shape index (κ3) is 4.20. The van der Waals surface area contributed by atoms with Crippen molar-refractivity contribution in [3.8, 4) is 0 Å². The lowest BCUT2D eigenvalue weighted by molar-refractivity contribution is 0.585. The molecule has 3 nitrogen and oxygen atoms in total. The van der Waals surface area contributed by atoms with Crippen LogP contribution in [0.3, 0.4) is 0 Å². The summed E-state index contributed by atoms with van der Waals surface area (Å²) in [6, 6.07) is 6.34. The smallest absolute Gasteiger partial charge is 0.192 e. The molecule has 0 aliphatic carbocycles. The highest BCUT2D eigenvalue weighted by Crippen LogP contribution is 2.31. The van der Waals surface area contributed by atoms with E-state index in [4.69, 9.17) is 11.6 Å². The zero-order valence-corrected chi connectivity index (χ0v) is 13.4. The largest absolute Gasteiger partial charge is 0.310 e. The Balaban J connectivity index is 2.22. The average molecular weight is 308 g/mol. The molecule has 106 valence electrons. The maximum Gasteiger partial charge on any atom is 0.192 e. The quantitative estimate of drug-likeness (QED) is 0.844. The van der Waals surface area contributed by atoms with Crippen molar-refractivity contribution in [2.45, 2.75) is 43.4 Å². The van der Waals surface area contributed by atoms with Crippen molar-refractivity contribution in [2.24, 2.45) is 0 Å². The predicted octanol–water partition coefficient (Wildman–Crippen LogP) is 4.09. The fourth-order valence-corrected chi connectivity index (χ4v) is 2.80. The topological polar surface area (TPSA) is 37.8 Å². The summed E-state index contributed by atoms with van der Waals surface area (Å²) in [5.74, 6) is 0. The monoisotopic (exact) mass is 307 g/mol. The lowest BCUT2D eigenvalue weighted by atomic mass is 10.2. The van der Waals surface area contributed by atoms with Gasteiger partial charge in [0.15, 0.2) is 5.16 Å². The highest BCUT2D eigenvalue weighted by Gasteiger charge is 2.10. The Morgan fingerprint density at radius 2 is 1.95 bits per heavy atom. The fourth-order valence-electron chi connectivity index (χ4n) is 1.64. The number of nitrogens with one attached hydrogen (secondary N) is 1. The van der Waals surface area contributed by atoms with Crippen molar-refractivity contribution in [1.29, 1.82) is 0 Å². The summed E-state index contributed by atoms with van der Waals surface area (Å²) < 4.78 is 0. The highest BCUT2D eigenvalue weighted by molar-refractivity contribution is 7.99. The minimum atomic E-state index is 0.416. The molecule has 2 rings (SSSR count). The number of benzene rings is 1. The van der Waals surface area contributed by atoms with Crippen LogP contribution in [0.25, 0.3) is 0 Å². The maximum absolute atomic E-state index is 6.31. The van der Waals surface area contributed by atoms with Gasteiger partial charge in [-0.25, -0.2) is 9.97 Å². The summed E-state index contributed by atoms with van der Waals surface area (Å²) >= 11 is 7.85. The third-order valence-electron chi connectivity index (χ3n) is 2.72. The molecule has 0 aliphatic heterocycles. The molecule has 0 spiro atoms. The van der Waals surface area contributed by atoms with Crippen LogP contribution in [0.4, 0.5) is 0 Å². The molecule has 0 saturated carbocycles. The lowest BCUT2D eigenvalue weighted by Gasteiger charge is -2.13. The molecule has 20 heavy (non-hydrogen) atoms. The van der Waals surface area contributed by atoms with E-state index in [2.05, 4.69) is 35.2 Å². The molecule has 2 aromatic rings. The molecule has 0 atom stereocenters. The van der Waals surface area contributed by atoms with Gasteiger partial charge in [-0.2, -0.15) is 0 Å². The zero-order chi connectivity index (χ0) is 14.5. The Morgan fingerprint density at radius 3 is 2.60 bits per heavy atom.